The van der Waals surface area contributed by atoms with Crippen LogP contribution in [0.2, 0.25) is 0 Å². The van der Waals surface area contributed by atoms with Gasteiger partial charge in [-0.2, -0.15) is 0 Å². The Morgan fingerprint density at radius 3 is 2.91 bits per heavy atom. The molecule has 8 heteroatoms. The molecular weight excluding hydrogens is 409 g/mol. The minimum absolute atomic E-state index is 0.300. The Morgan fingerprint density at radius 1 is 1.22 bits per heavy atom. The molecule has 2 aliphatic rings. The number of nitrogens with zero attached hydrogens (tertiary/aromatic N) is 3. The first-order valence-corrected chi connectivity index (χ1v) is 10.3. The van der Waals surface area contributed by atoms with Crippen molar-refractivity contribution in [2.75, 3.05) is 17.2 Å². The van der Waals surface area contributed by atoms with Crippen molar-refractivity contribution in [3.8, 4) is 0 Å². The summed E-state index contributed by atoms with van der Waals surface area (Å²) in [5.41, 5.74) is 2.73. The minimum Gasteiger partial charge on any atom is -0.482 e. The normalized spacial score (nSPS) is 18.7. The second-order valence-electron chi connectivity index (χ2n) is 8.21. The molecule has 2 aliphatic heterocycles. The maximum absolute atomic E-state index is 13.6. The van der Waals surface area contributed by atoms with Crippen molar-refractivity contribution < 1.29 is 13.9 Å². The zero-order chi connectivity index (χ0) is 22.3. The van der Waals surface area contributed by atoms with Gasteiger partial charge in [-0.25, -0.2) is 14.4 Å². The van der Waals surface area contributed by atoms with Crippen molar-refractivity contribution in [3.63, 3.8) is 0 Å². The summed E-state index contributed by atoms with van der Waals surface area (Å²) in [6.45, 7) is 5.39. The van der Waals surface area contributed by atoms with Crippen LogP contribution in [0.5, 0.6) is 0 Å². The molecule has 32 heavy (non-hydrogen) atoms. The first kappa shape index (κ1) is 20.0. The number of hydrogen-bond donors (Lipinski definition) is 2. The molecule has 0 bridgehead atoms. The highest BCUT2D eigenvalue weighted by atomic mass is 19.1. The fraction of sp³-hybridized carbons (Fsp3) is 0.208. The van der Waals surface area contributed by atoms with E-state index in [9.17, 15) is 9.18 Å². The lowest BCUT2D eigenvalue weighted by Gasteiger charge is -2.23. The molecule has 5 rings (SSSR count). The molecule has 0 radical (unpaired) electrons. The van der Waals surface area contributed by atoms with E-state index in [-0.39, 0.29) is 5.91 Å². The van der Waals surface area contributed by atoms with E-state index in [1.54, 1.807) is 24.8 Å². The molecule has 1 aromatic carbocycles. The lowest BCUT2D eigenvalue weighted by atomic mass is 9.92. The Balaban J connectivity index is 1.44. The second kappa shape index (κ2) is 7.64. The summed E-state index contributed by atoms with van der Waals surface area (Å²) in [6.07, 6.45) is 9.07. The molecule has 3 aromatic rings. The number of halogens is 1. The van der Waals surface area contributed by atoms with Crippen LogP contribution in [-0.4, -0.2) is 32.6 Å². The number of allylic oxidation sites excluding steroid dienone is 1. The van der Waals surface area contributed by atoms with Crippen LogP contribution in [-0.2, 0) is 16.1 Å². The van der Waals surface area contributed by atoms with Crippen LogP contribution in [0.3, 0.4) is 0 Å². The van der Waals surface area contributed by atoms with Crippen LogP contribution in [0.4, 0.5) is 15.9 Å². The van der Waals surface area contributed by atoms with Crippen molar-refractivity contribution in [1.29, 1.82) is 0 Å². The molecule has 0 aliphatic carbocycles. The molecular formula is C24H22FN5O2. The van der Waals surface area contributed by atoms with Gasteiger partial charge in [0.2, 0.25) is 0 Å². The first-order chi connectivity index (χ1) is 15.4. The predicted molar refractivity (Wildman–Crippen MR) is 120 cm³/mol. The maximum atomic E-state index is 13.6. The number of pyridine rings is 1. The number of ether oxygens (including phenoxy) is 1. The summed E-state index contributed by atoms with van der Waals surface area (Å²) in [7, 11) is 0. The molecule has 2 aromatic heterocycles. The number of hydrogen-bond acceptors (Lipinski definition) is 5. The van der Waals surface area contributed by atoms with E-state index < -0.39 is 11.4 Å². The van der Waals surface area contributed by atoms with Crippen LogP contribution in [0.1, 0.15) is 25.0 Å². The van der Waals surface area contributed by atoms with Crippen LogP contribution in [0, 0.1) is 5.82 Å². The van der Waals surface area contributed by atoms with Crippen molar-refractivity contribution in [2.45, 2.75) is 26.0 Å². The van der Waals surface area contributed by atoms with E-state index in [1.807, 2.05) is 42.8 Å². The topological polar surface area (TPSA) is 81.1 Å². The van der Waals surface area contributed by atoms with Gasteiger partial charge in [-0.3, -0.25) is 4.79 Å². The number of nitrogens with one attached hydrogen (secondary N) is 2. The van der Waals surface area contributed by atoms with Gasteiger partial charge >= 0.3 is 0 Å². The SMILES string of the molecule is CC1(C)OC(=C2C(=O)Nc3cc(F)ccc32)C=C1c1ccnc(NCCn2ccnc2)c1. The van der Waals surface area contributed by atoms with Crippen molar-refractivity contribution in [2.24, 2.45) is 0 Å². The van der Waals surface area contributed by atoms with Gasteiger partial charge in [0.15, 0.2) is 0 Å². The van der Waals surface area contributed by atoms with Crippen LogP contribution in [0.25, 0.3) is 11.1 Å². The number of benzene rings is 1. The Morgan fingerprint density at radius 2 is 2.09 bits per heavy atom. The molecule has 2 N–H and O–H groups in total. The predicted octanol–water partition coefficient (Wildman–Crippen LogP) is 4.08. The van der Waals surface area contributed by atoms with E-state index in [4.69, 9.17) is 4.74 Å². The van der Waals surface area contributed by atoms with Gasteiger partial charge in [-0.15, -0.1) is 0 Å². The molecule has 4 heterocycles. The van der Waals surface area contributed by atoms with Gasteiger partial charge in [0.05, 0.1) is 17.6 Å². The lowest BCUT2D eigenvalue weighted by molar-refractivity contribution is -0.111. The Labute approximate surface area is 184 Å². The lowest BCUT2D eigenvalue weighted by Crippen LogP contribution is -2.21. The van der Waals surface area contributed by atoms with Crippen molar-refractivity contribution in [3.05, 3.63) is 84.0 Å². The van der Waals surface area contributed by atoms with E-state index >= 15 is 0 Å². The third-order valence-corrected chi connectivity index (χ3v) is 5.57. The van der Waals surface area contributed by atoms with Crippen molar-refractivity contribution in [1.82, 2.24) is 14.5 Å². The maximum Gasteiger partial charge on any atom is 0.260 e. The van der Waals surface area contributed by atoms with Gasteiger partial charge in [0, 0.05) is 42.8 Å². The van der Waals surface area contributed by atoms with Gasteiger partial charge in [0.25, 0.3) is 5.91 Å². The van der Waals surface area contributed by atoms with Gasteiger partial charge in [-0.05, 0) is 55.8 Å². The van der Waals surface area contributed by atoms with Crippen LogP contribution in [0.15, 0.2) is 67.1 Å². The number of carbonyl (C=O) groups excluding carboxylic acids is 1. The molecule has 0 fully saturated rings. The summed E-state index contributed by atoms with van der Waals surface area (Å²) < 4.78 is 21.8. The molecule has 1 amide bonds. The zero-order valence-corrected chi connectivity index (χ0v) is 17.7. The number of anilines is 2. The van der Waals surface area contributed by atoms with Gasteiger partial charge in [0.1, 0.15) is 23.0 Å². The number of carbonyl (C=O) groups is 1. The first-order valence-electron chi connectivity index (χ1n) is 10.3. The average molecular weight is 431 g/mol. The van der Waals surface area contributed by atoms with E-state index in [0.29, 0.717) is 29.1 Å². The zero-order valence-electron chi connectivity index (χ0n) is 17.7. The number of amides is 1. The number of imidazole rings is 1. The molecule has 0 saturated heterocycles. The minimum atomic E-state index is -0.652. The summed E-state index contributed by atoms with van der Waals surface area (Å²) in [5, 5.41) is 6.04. The van der Waals surface area contributed by atoms with Crippen LogP contribution >= 0.6 is 0 Å². The molecule has 162 valence electrons. The monoisotopic (exact) mass is 431 g/mol. The Bertz CT molecular complexity index is 1260. The summed E-state index contributed by atoms with van der Waals surface area (Å²) in [6, 6.07) is 8.15. The number of aromatic nitrogens is 3. The largest absolute Gasteiger partial charge is 0.482 e. The summed E-state index contributed by atoms with van der Waals surface area (Å²) in [4.78, 5) is 21.1. The standard InChI is InChI=1S/C24H22FN5O2/c1-24(2)18(15-5-6-27-21(11-15)28-8-10-30-9-7-26-14-30)13-20(32-24)22-17-4-3-16(25)12-19(17)29-23(22)31/h3-7,9,11-14H,8,10H2,1-2H3,(H,27,28)(H,29,31). The fourth-order valence-corrected chi connectivity index (χ4v) is 4.03. The number of fused-ring (bicyclic) bond motifs is 1. The fourth-order valence-electron chi connectivity index (χ4n) is 4.03. The van der Waals surface area contributed by atoms with Crippen LogP contribution < -0.4 is 10.6 Å². The highest BCUT2D eigenvalue weighted by molar-refractivity contribution is 6.32. The highest BCUT2D eigenvalue weighted by Crippen LogP contribution is 2.44. The molecule has 7 nitrogen and oxygen atoms in total. The van der Waals surface area contributed by atoms with E-state index in [1.165, 1.54) is 12.1 Å². The Kier molecular flexibility index (Phi) is 4.77. The molecule has 0 saturated carbocycles. The molecule has 0 atom stereocenters. The summed E-state index contributed by atoms with van der Waals surface area (Å²) >= 11 is 0. The van der Waals surface area contributed by atoms with Crippen molar-refractivity contribution >= 4 is 28.6 Å². The second-order valence-corrected chi connectivity index (χ2v) is 8.21. The highest BCUT2D eigenvalue weighted by Gasteiger charge is 2.38. The smallest absolute Gasteiger partial charge is 0.260 e. The number of rotatable bonds is 5. The van der Waals surface area contributed by atoms with E-state index in [0.717, 1.165) is 23.5 Å². The third kappa shape index (κ3) is 3.64. The van der Waals surface area contributed by atoms with E-state index in [2.05, 4.69) is 20.6 Å². The third-order valence-electron chi connectivity index (χ3n) is 5.57. The summed E-state index contributed by atoms with van der Waals surface area (Å²) in [5.74, 6) is 0.522. The van der Waals surface area contributed by atoms with Gasteiger partial charge in [-0.1, -0.05) is 0 Å². The molecule has 0 unspecified atom stereocenters. The molecule has 0 spiro atoms. The van der Waals surface area contributed by atoms with Gasteiger partial charge < -0.3 is 19.9 Å². The average Bonchev–Trinajstić information content (AvgIpc) is 3.45. The Hall–Kier alpha value is -3.94. The quantitative estimate of drug-likeness (QED) is 0.595.